The molecule has 0 aliphatic carbocycles. The van der Waals surface area contributed by atoms with Crippen molar-refractivity contribution < 1.29 is 31.2 Å². The van der Waals surface area contributed by atoms with Crippen molar-refractivity contribution in [1.29, 1.82) is 0 Å². The highest BCUT2D eigenvalue weighted by molar-refractivity contribution is 7.92. The van der Waals surface area contributed by atoms with Crippen molar-refractivity contribution in [3.8, 4) is 0 Å². The van der Waals surface area contributed by atoms with E-state index in [0.717, 1.165) is 17.7 Å². The zero-order valence-electron chi connectivity index (χ0n) is 24.6. The van der Waals surface area contributed by atoms with Crippen LogP contribution in [0.5, 0.6) is 0 Å². The lowest BCUT2D eigenvalue weighted by Crippen LogP contribution is -2.55. The van der Waals surface area contributed by atoms with E-state index in [-0.39, 0.29) is 17.9 Å². The van der Waals surface area contributed by atoms with Gasteiger partial charge in [0.1, 0.15) is 12.6 Å². The summed E-state index contributed by atoms with van der Waals surface area (Å²) in [6.45, 7) is 8.07. The zero-order chi connectivity index (χ0) is 32.2. The molecule has 0 spiro atoms. The van der Waals surface area contributed by atoms with Gasteiger partial charge in [-0.25, -0.2) is 8.42 Å². The Morgan fingerprint density at radius 2 is 1.56 bits per heavy atom. The van der Waals surface area contributed by atoms with Gasteiger partial charge in [-0.2, -0.15) is 13.2 Å². The van der Waals surface area contributed by atoms with E-state index < -0.39 is 62.4 Å². The third-order valence-corrected chi connectivity index (χ3v) is 8.63. The zero-order valence-corrected chi connectivity index (χ0v) is 26.1. The average molecular weight is 638 g/mol. The molecule has 0 radical (unpaired) electrons. The lowest BCUT2D eigenvalue weighted by molar-refractivity contribution is -0.141. The van der Waals surface area contributed by atoms with Crippen molar-refractivity contribution in [3.05, 3.63) is 94.5 Å². The van der Waals surface area contributed by atoms with Crippen LogP contribution < -0.4 is 9.62 Å². The Labute approximate surface area is 255 Å². The van der Waals surface area contributed by atoms with Crippen molar-refractivity contribution in [2.24, 2.45) is 0 Å². The second-order valence-corrected chi connectivity index (χ2v) is 13.4. The second-order valence-electron chi connectivity index (χ2n) is 11.2. The van der Waals surface area contributed by atoms with Crippen molar-refractivity contribution >= 4 is 39.1 Å². The fraction of sp³-hybridized carbons (Fsp3) is 0.355. The van der Waals surface area contributed by atoms with Gasteiger partial charge >= 0.3 is 6.18 Å². The van der Waals surface area contributed by atoms with Crippen LogP contribution in [0.2, 0.25) is 5.02 Å². The van der Waals surface area contributed by atoms with Crippen molar-refractivity contribution in [2.45, 2.75) is 70.2 Å². The highest BCUT2D eigenvalue weighted by atomic mass is 35.5. The molecule has 1 unspecified atom stereocenters. The molecule has 2 amide bonds. The van der Waals surface area contributed by atoms with Crippen LogP contribution in [-0.4, -0.2) is 43.3 Å². The number of sulfonamides is 1. The van der Waals surface area contributed by atoms with Crippen LogP contribution in [0.25, 0.3) is 0 Å². The largest absolute Gasteiger partial charge is 0.417 e. The van der Waals surface area contributed by atoms with Crippen LogP contribution in [0.15, 0.2) is 77.7 Å². The standard InChI is InChI=1S/C31H35ClF3N3O4S/c1-6-27(29(40)36-30(3,4)5)37(19-22-14-12-21(2)13-15-22)28(39)20-38(43(41,42)24-10-8-7-9-11-24)23-16-17-26(32)25(18-23)31(33,34)35/h7-18,27H,6,19-20H2,1-5H3,(H,36,40). The Hall–Kier alpha value is -3.57. The van der Waals surface area contributed by atoms with E-state index >= 15 is 0 Å². The minimum absolute atomic E-state index is 0.0389. The molecule has 3 aromatic carbocycles. The molecule has 0 bridgehead atoms. The Morgan fingerprint density at radius 3 is 2.09 bits per heavy atom. The van der Waals surface area contributed by atoms with Crippen molar-refractivity contribution in [3.63, 3.8) is 0 Å². The Balaban J connectivity index is 2.14. The number of halogens is 4. The summed E-state index contributed by atoms with van der Waals surface area (Å²) in [4.78, 5) is 28.5. The summed E-state index contributed by atoms with van der Waals surface area (Å²) in [5.74, 6) is -1.22. The molecule has 0 saturated carbocycles. The first-order valence-electron chi connectivity index (χ1n) is 13.6. The number of hydrogen-bond donors (Lipinski definition) is 1. The monoisotopic (exact) mass is 637 g/mol. The van der Waals surface area contributed by atoms with E-state index in [4.69, 9.17) is 11.6 Å². The molecule has 43 heavy (non-hydrogen) atoms. The minimum atomic E-state index is -4.88. The molecule has 1 atom stereocenters. The molecule has 12 heteroatoms. The maximum atomic E-state index is 14.1. The molecule has 232 valence electrons. The van der Waals surface area contributed by atoms with Gasteiger partial charge in [-0.15, -0.1) is 0 Å². The van der Waals surface area contributed by atoms with E-state index in [1.54, 1.807) is 45.9 Å². The number of alkyl halides is 3. The normalized spacial score (nSPS) is 12.9. The van der Waals surface area contributed by atoms with Crippen LogP contribution in [-0.2, 0) is 32.3 Å². The van der Waals surface area contributed by atoms with E-state index in [2.05, 4.69) is 5.32 Å². The van der Waals surface area contributed by atoms with E-state index in [1.807, 2.05) is 19.1 Å². The van der Waals surface area contributed by atoms with Gasteiger partial charge in [0, 0.05) is 12.1 Å². The molecule has 3 rings (SSSR count). The average Bonchev–Trinajstić information content (AvgIpc) is 2.91. The van der Waals surface area contributed by atoms with Gasteiger partial charge in [-0.1, -0.05) is 66.6 Å². The van der Waals surface area contributed by atoms with Crippen LogP contribution >= 0.6 is 11.6 Å². The van der Waals surface area contributed by atoms with Gasteiger partial charge in [0.15, 0.2) is 0 Å². The summed E-state index contributed by atoms with van der Waals surface area (Å²) in [5.41, 5.74) is -0.619. The lowest BCUT2D eigenvalue weighted by atomic mass is 10.1. The molecule has 0 aliphatic heterocycles. The summed E-state index contributed by atoms with van der Waals surface area (Å²) in [7, 11) is -4.54. The van der Waals surface area contributed by atoms with Crippen LogP contribution in [0.1, 0.15) is 50.8 Å². The lowest BCUT2D eigenvalue weighted by Gasteiger charge is -2.35. The summed E-state index contributed by atoms with van der Waals surface area (Å²) in [6, 6.07) is 16.0. The van der Waals surface area contributed by atoms with E-state index in [1.165, 1.54) is 29.2 Å². The number of aryl methyl sites for hydroxylation is 1. The number of amides is 2. The van der Waals surface area contributed by atoms with Gasteiger partial charge in [0.25, 0.3) is 10.0 Å². The fourth-order valence-corrected chi connectivity index (χ4v) is 6.05. The highest BCUT2D eigenvalue weighted by Gasteiger charge is 2.37. The number of anilines is 1. The molecule has 3 aromatic rings. The molecule has 7 nitrogen and oxygen atoms in total. The molecule has 0 heterocycles. The first-order chi connectivity index (χ1) is 19.9. The predicted molar refractivity (Wildman–Crippen MR) is 161 cm³/mol. The number of nitrogens with zero attached hydrogens (tertiary/aromatic N) is 2. The van der Waals surface area contributed by atoms with Crippen LogP contribution in [0, 0.1) is 6.92 Å². The quantitative estimate of drug-likeness (QED) is 0.272. The summed E-state index contributed by atoms with van der Waals surface area (Å²) in [6.07, 6.45) is -4.68. The van der Waals surface area contributed by atoms with Gasteiger partial charge < -0.3 is 10.2 Å². The number of nitrogens with one attached hydrogen (secondary N) is 1. The number of hydrogen-bond acceptors (Lipinski definition) is 4. The van der Waals surface area contributed by atoms with Gasteiger partial charge in [-0.05, 0) is 70.0 Å². The first kappa shape index (κ1) is 33.9. The third-order valence-electron chi connectivity index (χ3n) is 6.51. The van der Waals surface area contributed by atoms with Crippen molar-refractivity contribution in [2.75, 3.05) is 10.8 Å². The maximum Gasteiger partial charge on any atom is 0.417 e. The molecule has 1 N–H and O–H groups in total. The Kier molecular flexibility index (Phi) is 10.6. The van der Waals surface area contributed by atoms with Gasteiger partial charge in [-0.3, -0.25) is 13.9 Å². The summed E-state index contributed by atoms with van der Waals surface area (Å²) in [5, 5.41) is 2.25. The van der Waals surface area contributed by atoms with E-state index in [9.17, 15) is 31.2 Å². The highest BCUT2D eigenvalue weighted by Crippen LogP contribution is 2.38. The number of rotatable bonds is 10. The molecule has 0 saturated heterocycles. The SMILES string of the molecule is CCC(C(=O)NC(C)(C)C)N(Cc1ccc(C)cc1)C(=O)CN(c1ccc(Cl)c(C(F)(F)F)c1)S(=O)(=O)c1ccccc1. The third kappa shape index (κ3) is 8.73. The Bertz CT molecular complexity index is 1540. The van der Waals surface area contributed by atoms with Crippen LogP contribution in [0.3, 0.4) is 0 Å². The predicted octanol–water partition coefficient (Wildman–Crippen LogP) is 6.58. The number of carbonyl (C=O) groups is 2. The van der Waals surface area contributed by atoms with Gasteiger partial charge in [0.05, 0.1) is 21.2 Å². The van der Waals surface area contributed by atoms with Crippen LogP contribution in [0.4, 0.5) is 18.9 Å². The summed E-state index contributed by atoms with van der Waals surface area (Å²) >= 11 is 5.81. The molecule has 0 aromatic heterocycles. The molecule has 0 fully saturated rings. The Morgan fingerprint density at radius 1 is 0.953 bits per heavy atom. The van der Waals surface area contributed by atoms with Gasteiger partial charge in [0.2, 0.25) is 11.8 Å². The second kappa shape index (κ2) is 13.4. The van der Waals surface area contributed by atoms with E-state index in [0.29, 0.717) is 15.9 Å². The number of carbonyl (C=O) groups excluding carboxylic acids is 2. The maximum absolute atomic E-state index is 14.1. The molecule has 0 aliphatic rings. The summed E-state index contributed by atoms with van der Waals surface area (Å²) < 4.78 is 69.7. The minimum Gasteiger partial charge on any atom is -0.350 e. The topological polar surface area (TPSA) is 86.8 Å². The first-order valence-corrected chi connectivity index (χ1v) is 15.4. The smallest absolute Gasteiger partial charge is 0.350 e. The number of benzene rings is 3. The fourth-order valence-electron chi connectivity index (χ4n) is 4.40. The van der Waals surface area contributed by atoms with Crippen molar-refractivity contribution in [1.82, 2.24) is 10.2 Å². The molecular formula is C31H35ClF3N3O4S. The molecular weight excluding hydrogens is 603 g/mol.